The Kier molecular flexibility index (Phi) is 6.05. The van der Waals surface area contributed by atoms with Gasteiger partial charge in [-0.05, 0) is 49.4 Å². The molecule has 0 aliphatic rings. The predicted molar refractivity (Wildman–Crippen MR) is 107 cm³/mol. The Morgan fingerprint density at radius 2 is 1.93 bits per heavy atom. The molecule has 0 unspecified atom stereocenters. The first-order valence-electron chi connectivity index (χ1n) is 8.12. The summed E-state index contributed by atoms with van der Waals surface area (Å²) in [5.41, 5.74) is 2.07. The highest BCUT2D eigenvalue weighted by molar-refractivity contribution is 7.14. The Hall–Kier alpha value is -2.90. The number of hydrogen-bond acceptors (Lipinski definition) is 6. The first-order valence-corrected chi connectivity index (χ1v) is 9.37. The zero-order valence-corrected chi connectivity index (χ0v) is 15.9. The summed E-state index contributed by atoms with van der Waals surface area (Å²) in [4.78, 5) is 28.3. The Morgan fingerprint density at radius 1 is 1.15 bits per heavy atom. The number of carbonyl (C=O) groups excluding carboxylic acids is 2. The third-order valence-electron chi connectivity index (χ3n) is 3.47. The molecule has 3 aromatic rings. The van der Waals surface area contributed by atoms with Crippen LogP contribution in [0.25, 0.3) is 0 Å². The van der Waals surface area contributed by atoms with E-state index in [0.29, 0.717) is 33.7 Å². The van der Waals surface area contributed by atoms with Crippen LogP contribution in [0.1, 0.15) is 27.8 Å². The minimum absolute atomic E-state index is 0.291. The fourth-order valence-electron chi connectivity index (χ4n) is 2.22. The Morgan fingerprint density at radius 3 is 2.63 bits per heavy atom. The van der Waals surface area contributed by atoms with E-state index in [9.17, 15) is 9.59 Å². The van der Waals surface area contributed by atoms with E-state index in [1.54, 1.807) is 48.7 Å². The van der Waals surface area contributed by atoms with Crippen molar-refractivity contribution in [2.75, 3.05) is 17.2 Å². The van der Waals surface area contributed by atoms with Crippen molar-refractivity contribution in [2.45, 2.75) is 6.92 Å². The van der Waals surface area contributed by atoms with E-state index in [1.807, 2.05) is 12.1 Å². The number of hydrogen-bond donors (Lipinski definition) is 2. The lowest BCUT2D eigenvalue weighted by Gasteiger charge is -2.05. The fourth-order valence-corrected chi connectivity index (χ4v) is 3.13. The van der Waals surface area contributed by atoms with E-state index in [1.165, 1.54) is 11.3 Å². The molecule has 0 spiro atoms. The molecule has 8 heteroatoms. The second-order valence-corrected chi connectivity index (χ2v) is 6.72. The Balaban J connectivity index is 1.63. The van der Waals surface area contributed by atoms with Gasteiger partial charge in [-0.2, -0.15) is 0 Å². The highest BCUT2D eigenvalue weighted by Gasteiger charge is 2.12. The summed E-state index contributed by atoms with van der Waals surface area (Å²) in [7, 11) is 0. The van der Waals surface area contributed by atoms with E-state index in [0.717, 1.165) is 5.69 Å². The van der Waals surface area contributed by atoms with Gasteiger partial charge in [-0.1, -0.05) is 17.7 Å². The van der Waals surface area contributed by atoms with Crippen LogP contribution < -0.4 is 10.6 Å². The molecule has 0 aliphatic heterocycles. The van der Waals surface area contributed by atoms with Crippen LogP contribution in [0, 0.1) is 0 Å². The van der Waals surface area contributed by atoms with Gasteiger partial charge >= 0.3 is 5.97 Å². The minimum Gasteiger partial charge on any atom is -0.462 e. The van der Waals surface area contributed by atoms with Gasteiger partial charge in [0.2, 0.25) is 0 Å². The fraction of sp³-hybridized carbons (Fsp3) is 0.105. The number of nitrogens with zero attached hydrogens (tertiary/aromatic N) is 1. The molecule has 0 fully saturated rings. The maximum Gasteiger partial charge on any atom is 0.338 e. The number of anilines is 3. The van der Waals surface area contributed by atoms with E-state index in [4.69, 9.17) is 16.3 Å². The normalized spacial score (nSPS) is 10.3. The van der Waals surface area contributed by atoms with Crippen LogP contribution in [-0.4, -0.2) is 23.5 Å². The molecular formula is C19H16ClN3O3S. The molecule has 3 rings (SSSR count). The van der Waals surface area contributed by atoms with E-state index in [2.05, 4.69) is 15.6 Å². The molecule has 0 radical (unpaired) electrons. The highest BCUT2D eigenvalue weighted by atomic mass is 35.5. The Bertz CT molecular complexity index is 957. The number of nitrogens with one attached hydrogen (secondary N) is 2. The summed E-state index contributed by atoms with van der Waals surface area (Å²) in [5.74, 6) is -0.735. The van der Waals surface area contributed by atoms with Gasteiger partial charge < -0.3 is 15.4 Å². The average Bonchev–Trinajstić information content (AvgIpc) is 3.11. The van der Waals surface area contributed by atoms with Crippen LogP contribution in [0.5, 0.6) is 0 Å². The van der Waals surface area contributed by atoms with Crippen LogP contribution in [0.3, 0.4) is 0 Å². The van der Waals surface area contributed by atoms with Gasteiger partial charge in [0.05, 0.1) is 12.2 Å². The molecule has 6 nitrogen and oxygen atoms in total. The van der Waals surface area contributed by atoms with Gasteiger partial charge in [0.25, 0.3) is 5.91 Å². The Labute approximate surface area is 165 Å². The van der Waals surface area contributed by atoms with Gasteiger partial charge in [0.15, 0.2) is 5.13 Å². The number of carbonyl (C=O) groups is 2. The van der Waals surface area contributed by atoms with Gasteiger partial charge in [-0.3, -0.25) is 4.79 Å². The number of benzene rings is 2. The lowest BCUT2D eigenvalue weighted by atomic mass is 10.2. The average molecular weight is 402 g/mol. The van der Waals surface area contributed by atoms with Gasteiger partial charge in [-0.15, -0.1) is 11.3 Å². The van der Waals surface area contributed by atoms with Crippen LogP contribution in [0.15, 0.2) is 53.9 Å². The molecule has 2 aromatic carbocycles. The topological polar surface area (TPSA) is 80.3 Å². The van der Waals surface area contributed by atoms with Crippen LogP contribution in [0.4, 0.5) is 16.5 Å². The zero-order chi connectivity index (χ0) is 19.2. The molecule has 27 heavy (non-hydrogen) atoms. The molecule has 0 saturated carbocycles. The summed E-state index contributed by atoms with van der Waals surface area (Å²) in [5, 5.41) is 8.71. The van der Waals surface area contributed by atoms with Crippen molar-refractivity contribution in [3.8, 4) is 0 Å². The smallest absolute Gasteiger partial charge is 0.338 e. The lowest BCUT2D eigenvalue weighted by molar-refractivity contribution is 0.0526. The summed E-state index contributed by atoms with van der Waals surface area (Å²) in [6, 6.07) is 13.7. The van der Waals surface area contributed by atoms with Gasteiger partial charge in [-0.25, -0.2) is 9.78 Å². The van der Waals surface area contributed by atoms with E-state index >= 15 is 0 Å². The van der Waals surface area contributed by atoms with Crippen molar-refractivity contribution >= 4 is 51.3 Å². The molecule has 0 atom stereocenters. The van der Waals surface area contributed by atoms with Crippen LogP contribution in [0.2, 0.25) is 5.02 Å². The number of ether oxygens (including phenoxy) is 1. The molecule has 0 saturated heterocycles. The third-order valence-corrected chi connectivity index (χ3v) is 4.46. The number of aromatic nitrogens is 1. The second-order valence-electron chi connectivity index (χ2n) is 5.43. The van der Waals surface area contributed by atoms with E-state index in [-0.39, 0.29) is 5.91 Å². The van der Waals surface area contributed by atoms with Crippen molar-refractivity contribution in [1.29, 1.82) is 0 Å². The summed E-state index contributed by atoms with van der Waals surface area (Å²) >= 11 is 7.27. The summed E-state index contributed by atoms with van der Waals surface area (Å²) in [6.45, 7) is 2.06. The highest BCUT2D eigenvalue weighted by Crippen LogP contribution is 2.23. The molecular weight excluding hydrogens is 386 g/mol. The number of amides is 1. The van der Waals surface area contributed by atoms with Gasteiger partial charge in [0, 0.05) is 21.8 Å². The monoisotopic (exact) mass is 401 g/mol. The van der Waals surface area contributed by atoms with Crippen molar-refractivity contribution in [3.63, 3.8) is 0 Å². The second kappa shape index (κ2) is 8.66. The number of halogens is 1. The van der Waals surface area contributed by atoms with Crippen molar-refractivity contribution in [2.24, 2.45) is 0 Å². The van der Waals surface area contributed by atoms with Crippen LogP contribution >= 0.6 is 22.9 Å². The minimum atomic E-state index is -0.397. The van der Waals surface area contributed by atoms with Crippen LogP contribution in [-0.2, 0) is 4.74 Å². The molecule has 0 bridgehead atoms. The SMILES string of the molecule is CCOC(=O)c1ccc(NC(=O)c2csc(Nc3cccc(Cl)c3)n2)cc1. The predicted octanol–water partition coefficient (Wildman–Crippen LogP) is 4.97. The molecule has 0 aliphatic carbocycles. The van der Waals surface area contributed by atoms with Crippen molar-refractivity contribution in [3.05, 3.63) is 70.2 Å². The first-order chi connectivity index (χ1) is 13.0. The number of esters is 1. The summed E-state index contributed by atoms with van der Waals surface area (Å²) < 4.78 is 4.93. The van der Waals surface area contributed by atoms with E-state index < -0.39 is 5.97 Å². The molecule has 138 valence electrons. The molecule has 1 amide bonds. The number of rotatable bonds is 6. The largest absolute Gasteiger partial charge is 0.462 e. The lowest BCUT2D eigenvalue weighted by Crippen LogP contribution is -2.12. The maximum absolute atomic E-state index is 12.3. The van der Waals surface area contributed by atoms with Crippen molar-refractivity contribution < 1.29 is 14.3 Å². The maximum atomic E-state index is 12.3. The molecule has 1 aromatic heterocycles. The quantitative estimate of drug-likeness (QED) is 0.570. The first kappa shape index (κ1) is 18.9. The molecule has 2 N–H and O–H groups in total. The van der Waals surface area contributed by atoms with Crippen molar-refractivity contribution in [1.82, 2.24) is 4.98 Å². The zero-order valence-electron chi connectivity index (χ0n) is 14.4. The third kappa shape index (κ3) is 5.06. The number of thiazole rings is 1. The molecule has 1 heterocycles. The van der Waals surface area contributed by atoms with Gasteiger partial charge in [0.1, 0.15) is 5.69 Å². The standard InChI is InChI=1S/C19H16ClN3O3S/c1-2-26-18(25)12-6-8-14(9-7-12)21-17(24)16-11-27-19(23-16)22-15-5-3-4-13(20)10-15/h3-11H,2H2,1H3,(H,21,24)(H,22,23). The summed E-state index contributed by atoms with van der Waals surface area (Å²) in [6.07, 6.45) is 0.